The zero-order valence-corrected chi connectivity index (χ0v) is 17.1. The van der Waals surface area contributed by atoms with E-state index >= 15 is 0 Å². The van der Waals surface area contributed by atoms with Crippen molar-refractivity contribution in [1.82, 2.24) is 9.80 Å². The summed E-state index contributed by atoms with van der Waals surface area (Å²) in [7, 11) is 0. The van der Waals surface area contributed by atoms with Crippen molar-refractivity contribution in [3.63, 3.8) is 0 Å². The van der Waals surface area contributed by atoms with Crippen molar-refractivity contribution in [2.75, 3.05) is 44.7 Å². The van der Waals surface area contributed by atoms with Crippen molar-refractivity contribution in [3.05, 3.63) is 75.7 Å². The molecule has 10 heteroatoms. The maximum absolute atomic E-state index is 13.7. The minimum Gasteiger partial charge on any atom is -0.379 e. The molecule has 4 rings (SSSR count). The average molecular weight is 440 g/mol. The Labute approximate surface area is 183 Å². The maximum Gasteiger partial charge on any atom is 0.278 e. The Kier molecular flexibility index (Phi) is 6.24. The van der Waals surface area contributed by atoms with Gasteiger partial charge in [-0.1, -0.05) is 6.07 Å². The second-order valence-corrected chi connectivity index (χ2v) is 7.41. The molecule has 0 aliphatic carbocycles. The molecule has 0 bridgehead atoms. The number of nitrogens with zero attached hydrogens (tertiary/aromatic N) is 3. The zero-order chi connectivity index (χ0) is 22.7. The number of benzene rings is 2. The summed E-state index contributed by atoms with van der Waals surface area (Å²) in [6.45, 7) is 3.31. The molecular weight excluding hydrogens is 419 g/mol. The molecule has 0 spiro atoms. The van der Waals surface area contributed by atoms with Crippen molar-refractivity contribution >= 4 is 28.8 Å². The fourth-order valence-electron chi connectivity index (χ4n) is 3.69. The number of carbonyl (C=O) groups is 2. The summed E-state index contributed by atoms with van der Waals surface area (Å²) in [5.41, 5.74) is 0.653. The number of halogens is 1. The Balaban J connectivity index is 1.64. The van der Waals surface area contributed by atoms with E-state index in [9.17, 15) is 24.1 Å². The molecule has 166 valence electrons. The van der Waals surface area contributed by atoms with E-state index in [2.05, 4.69) is 10.2 Å². The minimum absolute atomic E-state index is 0.0106. The number of amides is 2. The highest BCUT2D eigenvalue weighted by molar-refractivity contribution is 6.36. The first-order valence-electron chi connectivity index (χ1n) is 10.1. The number of rotatable bonds is 7. The van der Waals surface area contributed by atoms with Gasteiger partial charge in [0.15, 0.2) is 0 Å². The number of hydrogen-bond acceptors (Lipinski definition) is 7. The third-order valence-corrected chi connectivity index (χ3v) is 5.37. The van der Waals surface area contributed by atoms with Crippen LogP contribution in [0.25, 0.3) is 5.57 Å². The van der Waals surface area contributed by atoms with Crippen molar-refractivity contribution < 1.29 is 23.6 Å². The first-order chi connectivity index (χ1) is 15.4. The van der Waals surface area contributed by atoms with E-state index in [0.29, 0.717) is 44.1 Å². The quantitative estimate of drug-likeness (QED) is 0.400. The average Bonchev–Trinajstić information content (AvgIpc) is 3.02. The fourth-order valence-corrected chi connectivity index (χ4v) is 3.69. The molecule has 9 nitrogen and oxygen atoms in total. The number of morpholine rings is 1. The number of nitro groups is 1. The molecule has 32 heavy (non-hydrogen) atoms. The van der Waals surface area contributed by atoms with Gasteiger partial charge in [-0.2, -0.15) is 0 Å². The summed E-state index contributed by atoms with van der Waals surface area (Å²) in [5.74, 6) is -1.52. The summed E-state index contributed by atoms with van der Waals surface area (Å²) >= 11 is 0. The van der Waals surface area contributed by atoms with Crippen molar-refractivity contribution in [2.45, 2.75) is 0 Å². The van der Waals surface area contributed by atoms with Crippen molar-refractivity contribution in [2.24, 2.45) is 0 Å². The van der Waals surface area contributed by atoms with Gasteiger partial charge in [-0.25, -0.2) is 4.39 Å². The van der Waals surface area contributed by atoms with E-state index < -0.39 is 22.6 Å². The lowest BCUT2D eigenvalue weighted by Crippen LogP contribution is -2.43. The molecule has 2 aromatic carbocycles. The molecule has 0 atom stereocenters. The predicted molar refractivity (Wildman–Crippen MR) is 114 cm³/mol. The van der Waals surface area contributed by atoms with Crippen LogP contribution in [-0.4, -0.2) is 65.9 Å². The third-order valence-electron chi connectivity index (χ3n) is 5.37. The predicted octanol–water partition coefficient (Wildman–Crippen LogP) is 2.26. The normalized spacial score (nSPS) is 17.2. The van der Waals surface area contributed by atoms with Gasteiger partial charge in [0.1, 0.15) is 11.5 Å². The maximum atomic E-state index is 13.7. The monoisotopic (exact) mass is 440 g/mol. The Morgan fingerprint density at radius 2 is 1.75 bits per heavy atom. The molecule has 0 radical (unpaired) electrons. The van der Waals surface area contributed by atoms with Gasteiger partial charge in [0.25, 0.3) is 17.5 Å². The molecule has 1 N–H and O–H groups in total. The number of carbonyl (C=O) groups excluding carboxylic acids is 2. The van der Waals surface area contributed by atoms with Crippen LogP contribution in [0.4, 0.5) is 15.8 Å². The van der Waals surface area contributed by atoms with Gasteiger partial charge in [-0.05, 0) is 35.9 Å². The number of nitrogens with one attached hydrogen (secondary N) is 1. The van der Waals surface area contributed by atoms with Crippen molar-refractivity contribution in [1.29, 1.82) is 0 Å². The Morgan fingerprint density at radius 1 is 1.03 bits per heavy atom. The highest BCUT2D eigenvalue weighted by Crippen LogP contribution is 2.31. The van der Waals surface area contributed by atoms with Gasteiger partial charge >= 0.3 is 0 Å². The number of imide groups is 1. The molecule has 2 aliphatic heterocycles. The molecule has 0 aromatic heterocycles. The molecule has 1 saturated heterocycles. The van der Waals surface area contributed by atoms with Crippen LogP contribution < -0.4 is 5.32 Å². The van der Waals surface area contributed by atoms with Crippen LogP contribution in [-0.2, 0) is 14.3 Å². The lowest BCUT2D eigenvalue weighted by atomic mass is 10.0. The largest absolute Gasteiger partial charge is 0.379 e. The van der Waals surface area contributed by atoms with Gasteiger partial charge in [0.05, 0.1) is 23.7 Å². The first kappa shape index (κ1) is 21.6. The van der Waals surface area contributed by atoms with Gasteiger partial charge < -0.3 is 10.1 Å². The summed E-state index contributed by atoms with van der Waals surface area (Å²) in [4.78, 5) is 40.1. The van der Waals surface area contributed by atoms with Crippen LogP contribution in [0.3, 0.4) is 0 Å². The summed E-state index contributed by atoms with van der Waals surface area (Å²) in [5, 5.41) is 13.9. The highest BCUT2D eigenvalue weighted by Gasteiger charge is 2.39. The molecule has 2 heterocycles. The van der Waals surface area contributed by atoms with Crippen LogP contribution in [0, 0.1) is 15.9 Å². The topological polar surface area (TPSA) is 105 Å². The zero-order valence-electron chi connectivity index (χ0n) is 17.1. The molecule has 2 aromatic rings. The van der Waals surface area contributed by atoms with E-state index in [-0.39, 0.29) is 23.5 Å². The SMILES string of the molecule is O=C1C(Nc2cccc(F)c2)=C(c2ccc([N+](=O)[O-])cc2)C(=O)N1CCN1CCOCC1. The molecule has 0 saturated carbocycles. The number of ether oxygens (including phenoxy) is 1. The first-order valence-corrected chi connectivity index (χ1v) is 10.1. The molecule has 2 amide bonds. The van der Waals surface area contributed by atoms with E-state index in [1.54, 1.807) is 6.07 Å². The summed E-state index contributed by atoms with van der Waals surface area (Å²) in [6.07, 6.45) is 0. The summed E-state index contributed by atoms with van der Waals surface area (Å²) < 4.78 is 19.0. The summed E-state index contributed by atoms with van der Waals surface area (Å²) in [6, 6.07) is 11.0. The Hall–Kier alpha value is -3.63. The Morgan fingerprint density at radius 3 is 2.41 bits per heavy atom. The van der Waals surface area contributed by atoms with Crippen LogP contribution in [0.15, 0.2) is 54.2 Å². The van der Waals surface area contributed by atoms with Gasteiger partial charge in [0.2, 0.25) is 0 Å². The number of non-ortho nitro benzene ring substituents is 1. The van der Waals surface area contributed by atoms with Crippen LogP contribution in [0.2, 0.25) is 0 Å². The van der Waals surface area contributed by atoms with Crippen molar-refractivity contribution in [3.8, 4) is 0 Å². The number of hydrogen-bond donors (Lipinski definition) is 1. The third kappa shape index (κ3) is 4.51. The lowest BCUT2D eigenvalue weighted by Gasteiger charge is -2.28. The number of nitro benzene ring substituents is 1. The van der Waals surface area contributed by atoms with Crippen LogP contribution in [0.5, 0.6) is 0 Å². The smallest absolute Gasteiger partial charge is 0.278 e. The molecule has 0 unspecified atom stereocenters. The highest BCUT2D eigenvalue weighted by atomic mass is 19.1. The van der Waals surface area contributed by atoms with E-state index in [1.165, 1.54) is 42.5 Å². The minimum atomic E-state index is -0.541. The van der Waals surface area contributed by atoms with Crippen LogP contribution >= 0.6 is 0 Å². The molecular formula is C22H21FN4O5. The van der Waals surface area contributed by atoms with E-state index in [1.807, 2.05) is 0 Å². The standard InChI is InChI=1S/C22H21FN4O5/c23-16-2-1-3-17(14-16)24-20-19(15-4-6-18(7-5-15)27(30)31)21(28)26(22(20)29)9-8-25-10-12-32-13-11-25/h1-7,14,24H,8-13H2. The van der Waals surface area contributed by atoms with E-state index in [4.69, 9.17) is 4.74 Å². The molecule has 1 fully saturated rings. The lowest BCUT2D eigenvalue weighted by molar-refractivity contribution is -0.384. The van der Waals surface area contributed by atoms with E-state index in [0.717, 1.165) is 4.90 Å². The second-order valence-electron chi connectivity index (χ2n) is 7.41. The van der Waals surface area contributed by atoms with Gasteiger partial charge in [-0.15, -0.1) is 0 Å². The Bertz CT molecular complexity index is 1080. The van der Waals surface area contributed by atoms with Crippen LogP contribution in [0.1, 0.15) is 5.56 Å². The van der Waals surface area contributed by atoms with Gasteiger partial charge in [-0.3, -0.25) is 29.5 Å². The second kappa shape index (κ2) is 9.25. The fraction of sp³-hybridized carbons (Fsp3) is 0.273. The molecule has 2 aliphatic rings. The number of anilines is 1. The van der Waals surface area contributed by atoms with Gasteiger partial charge in [0, 0.05) is 44.0 Å².